The molecule has 144 valence electrons. The van der Waals surface area contributed by atoms with E-state index in [-0.39, 0.29) is 5.91 Å². The largest absolute Gasteiger partial charge is 0.493 e. The lowest BCUT2D eigenvalue weighted by molar-refractivity contribution is -0.116. The van der Waals surface area contributed by atoms with Gasteiger partial charge in [-0.25, -0.2) is 0 Å². The molecular formula is C23H22ClNO3. The lowest BCUT2D eigenvalue weighted by Crippen LogP contribution is -2.20. The number of benzene rings is 2. The maximum Gasteiger partial charge on any atom is 0.244 e. The highest BCUT2D eigenvalue weighted by atomic mass is 35.5. The molecule has 0 spiro atoms. The van der Waals surface area contributed by atoms with Crippen LogP contribution in [0.15, 0.2) is 65.8 Å². The van der Waals surface area contributed by atoms with E-state index in [0.29, 0.717) is 23.9 Å². The highest BCUT2D eigenvalue weighted by Gasteiger charge is 2.15. The van der Waals surface area contributed by atoms with Gasteiger partial charge >= 0.3 is 0 Å². The monoisotopic (exact) mass is 395 g/mol. The third-order valence-corrected chi connectivity index (χ3v) is 4.58. The number of hydrogen-bond acceptors (Lipinski definition) is 3. The number of amides is 1. The first kappa shape index (κ1) is 19.8. The Labute approximate surface area is 169 Å². The van der Waals surface area contributed by atoms with Gasteiger partial charge in [-0.1, -0.05) is 29.8 Å². The van der Waals surface area contributed by atoms with Crippen molar-refractivity contribution in [3.8, 4) is 16.9 Å². The summed E-state index contributed by atoms with van der Waals surface area (Å²) in [5.41, 5.74) is 4.33. The van der Waals surface area contributed by atoms with Crippen molar-refractivity contribution in [2.45, 2.75) is 13.8 Å². The number of fused-ring (bicyclic) bond motifs is 1. The van der Waals surface area contributed by atoms with Crippen molar-refractivity contribution < 1.29 is 13.9 Å². The van der Waals surface area contributed by atoms with E-state index in [2.05, 4.69) is 11.9 Å². The number of carbonyl (C=O) groups is 1. The SMILES string of the molecule is C=CCNC(=O)/C=C(\C)c1cc2c(-c3ccc(Cl)cc3)coc2cc1OCC. The third kappa shape index (κ3) is 4.29. The fourth-order valence-corrected chi connectivity index (χ4v) is 3.12. The highest BCUT2D eigenvalue weighted by molar-refractivity contribution is 6.30. The first-order valence-corrected chi connectivity index (χ1v) is 9.42. The molecule has 0 radical (unpaired) electrons. The summed E-state index contributed by atoms with van der Waals surface area (Å²) in [5.74, 6) is 0.502. The van der Waals surface area contributed by atoms with E-state index in [9.17, 15) is 4.79 Å². The molecule has 3 rings (SSSR count). The topological polar surface area (TPSA) is 51.5 Å². The van der Waals surface area contributed by atoms with Crippen LogP contribution in [0.4, 0.5) is 0 Å². The summed E-state index contributed by atoms with van der Waals surface area (Å²) in [4.78, 5) is 12.1. The molecule has 0 unspecified atom stereocenters. The average Bonchev–Trinajstić information content (AvgIpc) is 3.09. The Hall–Kier alpha value is -2.98. The van der Waals surface area contributed by atoms with Crippen molar-refractivity contribution in [3.63, 3.8) is 0 Å². The van der Waals surface area contributed by atoms with Gasteiger partial charge in [0.1, 0.15) is 11.3 Å². The van der Waals surface area contributed by atoms with Crippen molar-refractivity contribution in [3.05, 3.63) is 72.0 Å². The Morgan fingerprint density at radius 2 is 2.04 bits per heavy atom. The van der Waals surface area contributed by atoms with E-state index in [0.717, 1.165) is 33.2 Å². The van der Waals surface area contributed by atoms with Crippen LogP contribution in [0.5, 0.6) is 5.75 Å². The standard InChI is InChI=1S/C23H22ClNO3/c1-4-10-25-23(26)11-15(3)18-12-19-20(16-6-8-17(24)9-7-16)14-28-22(19)13-21(18)27-5-2/h4,6-9,11-14H,1,5,10H2,2-3H3,(H,25,26)/b15-11+. The molecule has 0 aliphatic heterocycles. The van der Waals surface area contributed by atoms with Crippen LogP contribution in [0.1, 0.15) is 19.4 Å². The molecule has 1 amide bonds. The van der Waals surface area contributed by atoms with Crippen molar-refractivity contribution >= 4 is 34.1 Å². The fourth-order valence-electron chi connectivity index (χ4n) is 2.99. The molecule has 5 heteroatoms. The molecule has 1 heterocycles. The quantitative estimate of drug-likeness (QED) is 0.402. The number of furan rings is 1. The minimum absolute atomic E-state index is 0.176. The van der Waals surface area contributed by atoms with E-state index in [4.69, 9.17) is 20.8 Å². The summed E-state index contributed by atoms with van der Waals surface area (Å²) in [6.45, 7) is 8.35. The van der Waals surface area contributed by atoms with Gasteiger partial charge < -0.3 is 14.5 Å². The molecule has 0 aliphatic carbocycles. The molecule has 4 nitrogen and oxygen atoms in total. The maximum absolute atomic E-state index is 12.1. The normalized spacial score (nSPS) is 11.5. The molecule has 0 saturated carbocycles. The summed E-state index contributed by atoms with van der Waals surface area (Å²) in [5, 5.41) is 4.38. The summed E-state index contributed by atoms with van der Waals surface area (Å²) in [6, 6.07) is 11.5. The Balaban J connectivity index is 2.09. The van der Waals surface area contributed by atoms with Crippen LogP contribution >= 0.6 is 11.6 Å². The fraction of sp³-hybridized carbons (Fsp3) is 0.174. The highest BCUT2D eigenvalue weighted by Crippen LogP contribution is 2.37. The zero-order chi connectivity index (χ0) is 20.1. The zero-order valence-corrected chi connectivity index (χ0v) is 16.7. The Morgan fingerprint density at radius 3 is 2.71 bits per heavy atom. The lowest BCUT2D eigenvalue weighted by atomic mass is 9.99. The first-order chi connectivity index (χ1) is 13.5. The molecule has 1 aromatic heterocycles. The number of hydrogen-bond donors (Lipinski definition) is 1. The lowest BCUT2D eigenvalue weighted by Gasteiger charge is -2.11. The van der Waals surface area contributed by atoms with Crippen molar-refractivity contribution in [1.29, 1.82) is 0 Å². The zero-order valence-electron chi connectivity index (χ0n) is 15.9. The molecular weight excluding hydrogens is 374 g/mol. The van der Waals surface area contributed by atoms with Gasteiger partial charge in [-0.05, 0) is 43.2 Å². The maximum atomic E-state index is 12.1. The van der Waals surface area contributed by atoms with Crippen LogP contribution < -0.4 is 10.1 Å². The summed E-state index contributed by atoms with van der Waals surface area (Å²) in [7, 11) is 0. The van der Waals surface area contributed by atoms with Crippen LogP contribution in [0.25, 0.3) is 27.7 Å². The summed E-state index contributed by atoms with van der Waals surface area (Å²) in [6.07, 6.45) is 4.93. The second-order valence-corrected chi connectivity index (χ2v) is 6.73. The van der Waals surface area contributed by atoms with Crippen LogP contribution in [0.3, 0.4) is 0 Å². The van der Waals surface area contributed by atoms with Crippen LogP contribution in [-0.4, -0.2) is 19.1 Å². The van der Waals surface area contributed by atoms with E-state index in [1.54, 1.807) is 18.4 Å². The van der Waals surface area contributed by atoms with Gasteiger partial charge in [-0.2, -0.15) is 0 Å². The second kappa shape index (κ2) is 8.81. The van der Waals surface area contributed by atoms with Gasteiger partial charge in [-0.15, -0.1) is 6.58 Å². The van der Waals surface area contributed by atoms with E-state index in [1.165, 1.54) is 0 Å². The van der Waals surface area contributed by atoms with Gasteiger partial charge in [0.05, 0.1) is 12.9 Å². The van der Waals surface area contributed by atoms with Gasteiger partial charge in [0.15, 0.2) is 0 Å². The number of carbonyl (C=O) groups excluding carboxylic acids is 1. The van der Waals surface area contributed by atoms with Crippen LogP contribution in [-0.2, 0) is 4.79 Å². The number of halogens is 1. The van der Waals surface area contributed by atoms with E-state index >= 15 is 0 Å². The summed E-state index contributed by atoms with van der Waals surface area (Å²) >= 11 is 6.01. The molecule has 0 saturated heterocycles. The molecule has 0 fully saturated rings. The Bertz CT molecular complexity index is 1030. The van der Waals surface area contributed by atoms with Crippen LogP contribution in [0.2, 0.25) is 5.02 Å². The smallest absolute Gasteiger partial charge is 0.244 e. The van der Waals surface area contributed by atoms with Crippen molar-refractivity contribution in [2.75, 3.05) is 13.2 Å². The predicted molar refractivity (Wildman–Crippen MR) is 115 cm³/mol. The average molecular weight is 396 g/mol. The van der Waals surface area contributed by atoms with Gasteiger partial charge in [0.25, 0.3) is 0 Å². The third-order valence-electron chi connectivity index (χ3n) is 4.32. The number of rotatable bonds is 7. The predicted octanol–water partition coefficient (Wildman–Crippen LogP) is 5.86. The van der Waals surface area contributed by atoms with Crippen molar-refractivity contribution in [2.24, 2.45) is 0 Å². The van der Waals surface area contributed by atoms with Crippen molar-refractivity contribution in [1.82, 2.24) is 5.32 Å². The Morgan fingerprint density at radius 1 is 1.29 bits per heavy atom. The molecule has 0 aliphatic rings. The molecule has 2 aromatic carbocycles. The molecule has 0 atom stereocenters. The van der Waals surface area contributed by atoms with Crippen LogP contribution in [0, 0.1) is 0 Å². The first-order valence-electron chi connectivity index (χ1n) is 9.04. The van der Waals surface area contributed by atoms with Gasteiger partial charge in [0.2, 0.25) is 5.91 Å². The number of nitrogens with one attached hydrogen (secondary N) is 1. The van der Waals surface area contributed by atoms with E-state index < -0.39 is 0 Å². The van der Waals surface area contributed by atoms with Gasteiger partial charge in [-0.3, -0.25) is 4.79 Å². The molecule has 28 heavy (non-hydrogen) atoms. The minimum Gasteiger partial charge on any atom is -0.493 e. The number of ether oxygens (including phenoxy) is 1. The Kier molecular flexibility index (Phi) is 6.22. The molecule has 0 bridgehead atoms. The summed E-state index contributed by atoms with van der Waals surface area (Å²) < 4.78 is 11.6. The molecule has 3 aromatic rings. The number of allylic oxidation sites excluding steroid dienone is 1. The van der Waals surface area contributed by atoms with Gasteiger partial charge in [0, 0.05) is 40.2 Å². The van der Waals surface area contributed by atoms with E-state index in [1.807, 2.05) is 50.2 Å². The minimum atomic E-state index is -0.176. The second-order valence-electron chi connectivity index (χ2n) is 6.29. The molecule has 1 N–H and O–H groups in total.